The molecule has 9 heteroatoms. The number of ether oxygens (including phenoxy) is 5. The van der Waals surface area contributed by atoms with Crippen LogP contribution in [0.4, 0.5) is 0 Å². The number of hydrogen-bond donors (Lipinski definition) is 1. The van der Waals surface area contributed by atoms with Crippen LogP contribution in [0.25, 0.3) is 10.4 Å². The molecule has 0 amide bonds. The first kappa shape index (κ1) is 29.1. The molecular weight excluding hydrogens is 414 g/mol. The molecule has 0 radical (unpaired) electrons. The van der Waals surface area contributed by atoms with Gasteiger partial charge in [-0.2, -0.15) is 0 Å². The highest BCUT2D eigenvalue weighted by Gasteiger charge is 2.48. The van der Waals surface area contributed by atoms with Crippen LogP contribution >= 0.6 is 0 Å². The maximum absolute atomic E-state index is 10.0. The molecule has 188 valence electrons. The van der Waals surface area contributed by atoms with Gasteiger partial charge >= 0.3 is 0 Å². The lowest BCUT2D eigenvalue weighted by atomic mass is 9.98. The quantitative estimate of drug-likeness (QED) is 0.121. The van der Waals surface area contributed by atoms with Crippen molar-refractivity contribution in [3.8, 4) is 0 Å². The largest absolute Gasteiger partial charge is 0.394 e. The van der Waals surface area contributed by atoms with E-state index >= 15 is 0 Å². The van der Waals surface area contributed by atoms with Gasteiger partial charge in [0.05, 0.1) is 6.61 Å². The van der Waals surface area contributed by atoms with Gasteiger partial charge in [-0.05, 0) is 37.6 Å². The lowest BCUT2D eigenvalue weighted by molar-refractivity contribution is -0.322. The molecule has 0 spiro atoms. The number of aliphatic hydroxyl groups is 1. The van der Waals surface area contributed by atoms with E-state index in [0.717, 1.165) is 57.8 Å². The van der Waals surface area contributed by atoms with Crippen molar-refractivity contribution in [2.45, 2.75) is 109 Å². The zero-order valence-electron chi connectivity index (χ0n) is 20.3. The summed E-state index contributed by atoms with van der Waals surface area (Å²) in [7, 11) is 0. The Hall–Kier alpha value is -0.930. The fourth-order valence-corrected chi connectivity index (χ4v) is 3.52. The van der Waals surface area contributed by atoms with Crippen LogP contribution in [-0.4, -0.2) is 75.4 Å². The molecule has 5 atom stereocenters. The normalized spacial score (nSPS) is 25.6. The van der Waals surface area contributed by atoms with Gasteiger partial charge in [-0.1, -0.05) is 51.6 Å². The highest BCUT2D eigenvalue weighted by atomic mass is 16.7. The van der Waals surface area contributed by atoms with Crippen molar-refractivity contribution in [3.63, 3.8) is 0 Å². The van der Waals surface area contributed by atoms with E-state index < -0.39 is 24.6 Å². The van der Waals surface area contributed by atoms with Crippen LogP contribution in [0.2, 0.25) is 0 Å². The van der Waals surface area contributed by atoms with Crippen molar-refractivity contribution >= 4 is 0 Å². The fraction of sp³-hybridized carbons (Fsp3) is 1.00. The molecule has 0 saturated carbocycles. The highest BCUT2D eigenvalue weighted by Crippen LogP contribution is 2.29. The van der Waals surface area contributed by atoms with Crippen LogP contribution in [0, 0.1) is 0 Å². The Kier molecular flexibility index (Phi) is 17.8. The standard InChI is InChI=1S/C23H45N3O6/c1-4-7-14-28-20-19(18-27)32-23(31-17-12-10-11-13-25-26-24)22(30-16-9-6-3)21(20)29-15-8-5-2/h19-23,27H,4-18H2,1-3H3/t19?,20-,21-,22?,23-/m0/s1. The van der Waals surface area contributed by atoms with Crippen LogP contribution in [0.3, 0.4) is 0 Å². The van der Waals surface area contributed by atoms with Gasteiger partial charge in [-0.25, -0.2) is 0 Å². The van der Waals surface area contributed by atoms with E-state index in [1.54, 1.807) is 0 Å². The van der Waals surface area contributed by atoms with Crippen molar-refractivity contribution in [2.24, 2.45) is 5.11 Å². The van der Waals surface area contributed by atoms with E-state index in [-0.39, 0.29) is 12.7 Å². The second-order valence-corrected chi connectivity index (χ2v) is 8.18. The minimum atomic E-state index is -0.626. The Morgan fingerprint density at radius 3 is 1.88 bits per heavy atom. The lowest BCUT2D eigenvalue weighted by Gasteiger charge is -2.45. The average molecular weight is 460 g/mol. The maximum Gasteiger partial charge on any atom is 0.186 e. The van der Waals surface area contributed by atoms with Crippen molar-refractivity contribution < 1.29 is 28.8 Å². The zero-order chi connectivity index (χ0) is 23.4. The number of aliphatic hydroxyl groups excluding tert-OH is 1. The van der Waals surface area contributed by atoms with Gasteiger partial charge in [-0.3, -0.25) is 0 Å². The Morgan fingerprint density at radius 2 is 1.31 bits per heavy atom. The van der Waals surface area contributed by atoms with Crippen LogP contribution in [0.1, 0.15) is 78.6 Å². The molecule has 0 aromatic heterocycles. The van der Waals surface area contributed by atoms with Gasteiger partial charge in [0.2, 0.25) is 0 Å². The van der Waals surface area contributed by atoms with E-state index in [4.69, 9.17) is 29.2 Å². The predicted molar refractivity (Wildman–Crippen MR) is 124 cm³/mol. The third kappa shape index (κ3) is 11.3. The minimum absolute atomic E-state index is 0.169. The molecule has 1 fully saturated rings. The molecule has 1 rings (SSSR count). The van der Waals surface area contributed by atoms with E-state index in [0.29, 0.717) is 33.0 Å². The van der Waals surface area contributed by atoms with Crippen LogP contribution in [0.5, 0.6) is 0 Å². The lowest BCUT2D eigenvalue weighted by Crippen LogP contribution is -2.62. The molecule has 0 aliphatic carbocycles. The summed E-state index contributed by atoms with van der Waals surface area (Å²) in [6.45, 7) is 8.98. The first-order valence-corrected chi connectivity index (χ1v) is 12.5. The van der Waals surface area contributed by atoms with E-state index in [1.807, 2.05) is 0 Å². The van der Waals surface area contributed by atoms with Gasteiger partial charge in [-0.15, -0.1) is 0 Å². The van der Waals surface area contributed by atoms with E-state index in [9.17, 15) is 5.11 Å². The highest BCUT2D eigenvalue weighted by molar-refractivity contribution is 4.93. The molecule has 0 aromatic carbocycles. The van der Waals surface area contributed by atoms with Gasteiger partial charge in [0.15, 0.2) is 6.29 Å². The summed E-state index contributed by atoms with van der Waals surface area (Å²) in [5.41, 5.74) is 8.36. The van der Waals surface area contributed by atoms with Crippen molar-refractivity contribution in [1.29, 1.82) is 0 Å². The van der Waals surface area contributed by atoms with Crippen LogP contribution < -0.4 is 0 Å². The number of nitrogens with zero attached hydrogens (tertiary/aromatic N) is 3. The summed E-state index contributed by atoms with van der Waals surface area (Å²) in [6.07, 6.45) is 6.12. The number of unbranched alkanes of at least 4 members (excludes halogenated alkanes) is 5. The summed E-state index contributed by atoms with van der Waals surface area (Å²) in [5, 5.41) is 13.6. The van der Waals surface area contributed by atoms with Gasteiger partial charge < -0.3 is 28.8 Å². The molecule has 1 aliphatic heterocycles. The van der Waals surface area contributed by atoms with E-state index in [2.05, 4.69) is 30.8 Å². The first-order valence-electron chi connectivity index (χ1n) is 12.5. The second kappa shape index (κ2) is 19.5. The van der Waals surface area contributed by atoms with Gasteiger partial charge in [0.1, 0.15) is 24.4 Å². The Bertz CT molecular complexity index is 492. The van der Waals surface area contributed by atoms with Crippen molar-refractivity contribution in [1.82, 2.24) is 0 Å². The molecule has 1 saturated heterocycles. The Morgan fingerprint density at radius 1 is 0.750 bits per heavy atom. The number of hydrogen-bond acceptors (Lipinski definition) is 7. The average Bonchev–Trinajstić information content (AvgIpc) is 2.80. The SMILES string of the molecule is CCCCOC1[C@@H](OCCCCCN=[N+]=[N-])OC(CO)[C@H](OCCCC)[C@@H]1OCCCC. The topological polar surface area (TPSA) is 115 Å². The summed E-state index contributed by atoms with van der Waals surface area (Å²) in [4.78, 5) is 2.77. The van der Waals surface area contributed by atoms with Gasteiger partial charge in [0, 0.05) is 37.9 Å². The smallest absolute Gasteiger partial charge is 0.186 e. The molecule has 1 N–H and O–H groups in total. The monoisotopic (exact) mass is 459 g/mol. The molecule has 1 aliphatic rings. The fourth-order valence-electron chi connectivity index (χ4n) is 3.52. The molecule has 32 heavy (non-hydrogen) atoms. The summed E-state index contributed by atoms with van der Waals surface area (Å²) < 4.78 is 30.9. The molecule has 2 unspecified atom stereocenters. The summed E-state index contributed by atoms with van der Waals surface area (Å²) in [6, 6.07) is 0. The second-order valence-electron chi connectivity index (χ2n) is 8.18. The number of azide groups is 1. The van der Waals surface area contributed by atoms with Gasteiger partial charge in [0.25, 0.3) is 0 Å². The maximum atomic E-state index is 10.0. The summed E-state index contributed by atoms with van der Waals surface area (Å²) in [5.74, 6) is 0. The first-order chi connectivity index (χ1) is 15.7. The molecule has 9 nitrogen and oxygen atoms in total. The minimum Gasteiger partial charge on any atom is -0.394 e. The third-order valence-electron chi connectivity index (χ3n) is 5.44. The molecule has 0 bridgehead atoms. The Labute approximate surface area is 193 Å². The predicted octanol–water partition coefficient (Wildman–Crippen LogP) is 4.76. The van der Waals surface area contributed by atoms with Crippen LogP contribution in [0.15, 0.2) is 5.11 Å². The van der Waals surface area contributed by atoms with Crippen molar-refractivity contribution in [3.05, 3.63) is 10.4 Å². The van der Waals surface area contributed by atoms with Crippen LogP contribution in [-0.2, 0) is 23.7 Å². The zero-order valence-corrected chi connectivity index (χ0v) is 20.3. The third-order valence-corrected chi connectivity index (χ3v) is 5.44. The van der Waals surface area contributed by atoms with Crippen molar-refractivity contribution in [2.75, 3.05) is 39.6 Å². The Balaban J connectivity index is 2.85. The number of rotatable bonds is 20. The molecular formula is C23H45N3O6. The molecule has 1 heterocycles. The van der Waals surface area contributed by atoms with E-state index in [1.165, 1.54) is 0 Å². The molecule has 0 aromatic rings. The summed E-state index contributed by atoms with van der Waals surface area (Å²) >= 11 is 0.